The van der Waals surface area contributed by atoms with Gasteiger partial charge in [-0.2, -0.15) is 18.4 Å². The Morgan fingerprint density at radius 1 is 1.25 bits per heavy atom. The highest BCUT2D eigenvalue weighted by Gasteiger charge is 2.37. The van der Waals surface area contributed by atoms with Gasteiger partial charge < -0.3 is 10.1 Å². The highest BCUT2D eigenvalue weighted by atomic mass is 32.1. The highest BCUT2D eigenvalue weighted by Crippen LogP contribution is 2.37. The first-order valence-electron chi connectivity index (χ1n) is 9.74. The van der Waals surface area contributed by atoms with Gasteiger partial charge in [0, 0.05) is 11.4 Å². The number of carbonyl (C=O) groups is 1. The normalized spacial score (nSPS) is 16.5. The Bertz CT molecular complexity index is 1150. The minimum Gasteiger partial charge on any atom is -0.463 e. The third kappa shape index (κ3) is 4.46. The van der Waals surface area contributed by atoms with Gasteiger partial charge in [-0.15, -0.1) is 0 Å². The maximum atomic E-state index is 13.2. The Labute approximate surface area is 189 Å². The molecule has 1 unspecified atom stereocenters. The van der Waals surface area contributed by atoms with Crippen LogP contribution in [-0.4, -0.2) is 17.7 Å². The zero-order valence-electron chi connectivity index (χ0n) is 17.6. The van der Waals surface area contributed by atoms with Gasteiger partial charge in [0.05, 0.1) is 35.4 Å². The summed E-state index contributed by atoms with van der Waals surface area (Å²) >= 11 is 5.49. The molecule has 0 spiro atoms. The van der Waals surface area contributed by atoms with E-state index in [-0.39, 0.29) is 23.0 Å². The number of allylic oxidation sites excluding steroid dienone is 1. The zero-order chi connectivity index (χ0) is 23.6. The molecule has 0 saturated carbocycles. The average Bonchev–Trinajstić information content (AvgIpc) is 2.73. The van der Waals surface area contributed by atoms with Crippen LogP contribution in [0, 0.1) is 18.3 Å². The fourth-order valence-corrected chi connectivity index (χ4v) is 4.01. The van der Waals surface area contributed by atoms with Crippen LogP contribution in [0.4, 0.5) is 18.9 Å². The number of esters is 1. The Morgan fingerprint density at radius 2 is 1.97 bits per heavy atom. The van der Waals surface area contributed by atoms with Crippen LogP contribution in [0.3, 0.4) is 0 Å². The number of hydrogen-bond donors (Lipinski definition) is 1. The molecule has 1 heterocycles. The number of nitrogens with zero attached hydrogens (tertiary/aromatic N) is 2. The average molecular weight is 459 g/mol. The first-order chi connectivity index (χ1) is 15.1. The Hall–Kier alpha value is -3.38. The Kier molecular flexibility index (Phi) is 6.55. The van der Waals surface area contributed by atoms with E-state index in [2.05, 4.69) is 11.4 Å². The van der Waals surface area contributed by atoms with E-state index in [9.17, 15) is 18.0 Å². The predicted molar refractivity (Wildman–Crippen MR) is 118 cm³/mol. The number of anilines is 1. The molecular weight excluding hydrogens is 439 g/mol. The number of nitriles is 1. The molecule has 166 valence electrons. The number of hydrogen-bond acceptors (Lipinski definition) is 4. The lowest BCUT2D eigenvalue weighted by Crippen LogP contribution is -2.48. The molecule has 9 heteroatoms. The quantitative estimate of drug-likeness (QED) is 0.503. The van der Waals surface area contributed by atoms with Crippen molar-refractivity contribution in [1.29, 1.82) is 5.26 Å². The van der Waals surface area contributed by atoms with Crippen LogP contribution in [0.2, 0.25) is 0 Å². The van der Waals surface area contributed by atoms with E-state index < -0.39 is 23.8 Å². The molecular formula is C23H20F3N3O2S. The number of ether oxygens (including phenoxy) is 1. The van der Waals surface area contributed by atoms with Crippen molar-refractivity contribution in [2.75, 3.05) is 11.5 Å². The molecule has 3 rings (SSSR count). The van der Waals surface area contributed by atoms with E-state index in [1.807, 2.05) is 0 Å². The number of aryl methyl sites for hydroxylation is 1. The summed E-state index contributed by atoms with van der Waals surface area (Å²) in [6.07, 6.45) is -4.52. The van der Waals surface area contributed by atoms with Gasteiger partial charge in [-0.3, -0.25) is 4.90 Å². The molecule has 0 saturated heterocycles. The molecule has 1 aliphatic rings. The second-order valence-corrected chi connectivity index (χ2v) is 7.56. The summed E-state index contributed by atoms with van der Waals surface area (Å²) in [6.45, 7) is 5.22. The Morgan fingerprint density at radius 3 is 2.56 bits per heavy atom. The van der Waals surface area contributed by atoms with Crippen LogP contribution in [-0.2, 0) is 15.7 Å². The molecule has 1 N–H and O–H groups in total. The molecule has 32 heavy (non-hydrogen) atoms. The van der Waals surface area contributed by atoms with Crippen molar-refractivity contribution in [1.82, 2.24) is 5.32 Å². The summed E-state index contributed by atoms with van der Waals surface area (Å²) in [5.74, 6) is -0.606. The van der Waals surface area contributed by atoms with E-state index in [0.717, 1.165) is 17.7 Å². The summed E-state index contributed by atoms with van der Waals surface area (Å²) < 4.78 is 45.0. The molecule has 0 aliphatic carbocycles. The molecule has 1 atom stereocenters. The molecule has 1 aliphatic heterocycles. The second kappa shape index (κ2) is 9.01. The van der Waals surface area contributed by atoms with Crippen molar-refractivity contribution < 1.29 is 22.7 Å². The molecule has 0 aromatic heterocycles. The number of alkyl halides is 3. The first kappa shape index (κ1) is 23.3. The van der Waals surface area contributed by atoms with E-state index in [4.69, 9.17) is 22.2 Å². The molecule has 0 amide bonds. The van der Waals surface area contributed by atoms with Crippen molar-refractivity contribution in [2.45, 2.75) is 33.0 Å². The molecule has 0 fully saturated rings. The van der Waals surface area contributed by atoms with Crippen molar-refractivity contribution in [3.63, 3.8) is 0 Å². The lowest BCUT2D eigenvalue weighted by molar-refractivity contribution is -0.139. The van der Waals surface area contributed by atoms with Crippen molar-refractivity contribution >= 4 is 29.0 Å². The summed E-state index contributed by atoms with van der Waals surface area (Å²) in [7, 11) is 0. The number of carbonyl (C=O) groups excluding carboxylic acids is 1. The fourth-order valence-electron chi connectivity index (χ4n) is 3.65. The summed E-state index contributed by atoms with van der Waals surface area (Å²) in [5.41, 5.74) is 1.86. The van der Waals surface area contributed by atoms with Gasteiger partial charge in [0.15, 0.2) is 5.11 Å². The monoisotopic (exact) mass is 459 g/mol. The summed E-state index contributed by atoms with van der Waals surface area (Å²) in [5, 5.41) is 12.4. The van der Waals surface area contributed by atoms with E-state index in [0.29, 0.717) is 16.8 Å². The van der Waals surface area contributed by atoms with Gasteiger partial charge in [-0.1, -0.05) is 12.1 Å². The standard InChI is InChI=1S/C23H20F3N3O2S/c1-4-31-21(30)19-14(3)29(17-7-5-6-16(11-17)23(24,25)26)22(32)28-20(19)18-9-8-15(12-27)10-13(18)2/h5-11,20H,4H2,1-3H3,(H,28,32). The first-order valence-corrected chi connectivity index (χ1v) is 10.2. The molecule has 0 radical (unpaired) electrons. The van der Waals surface area contributed by atoms with Crippen LogP contribution < -0.4 is 10.2 Å². The van der Waals surface area contributed by atoms with Gasteiger partial charge in [0.1, 0.15) is 0 Å². The molecule has 0 bridgehead atoms. The van der Waals surface area contributed by atoms with E-state index in [1.165, 1.54) is 17.0 Å². The topological polar surface area (TPSA) is 65.4 Å². The lowest BCUT2D eigenvalue weighted by atomic mass is 9.91. The van der Waals surface area contributed by atoms with Crippen LogP contribution in [0.5, 0.6) is 0 Å². The molecule has 2 aromatic carbocycles. The van der Waals surface area contributed by atoms with Gasteiger partial charge in [-0.25, -0.2) is 4.79 Å². The maximum Gasteiger partial charge on any atom is 0.416 e. The molecule has 5 nitrogen and oxygen atoms in total. The summed E-state index contributed by atoms with van der Waals surface area (Å²) in [6, 6.07) is 11.2. The molecule has 2 aromatic rings. The van der Waals surface area contributed by atoms with Crippen LogP contribution in [0.1, 0.15) is 42.1 Å². The third-order valence-electron chi connectivity index (χ3n) is 5.12. The number of nitrogens with one attached hydrogen (secondary N) is 1. The van der Waals surface area contributed by atoms with Crippen LogP contribution in [0.25, 0.3) is 0 Å². The largest absolute Gasteiger partial charge is 0.463 e. The van der Waals surface area contributed by atoms with E-state index >= 15 is 0 Å². The summed E-state index contributed by atoms with van der Waals surface area (Å²) in [4.78, 5) is 14.3. The van der Waals surface area contributed by atoms with Gasteiger partial charge >= 0.3 is 12.1 Å². The van der Waals surface area contributed by atoms with Gasteiger partial charge in [0.2, 0.25) is 0 Å². The predicted octanol–water partition coefficient (Wildman–Crippen LogP) is 5.16. The number of thiocarbonyl (C=S) groups is 1. The third-order valence-corrected chi connectivity index (χ3v) is 5.42. The highest BCUT2D eigenvalue weighted by molar-refractivity contribution is 7.80. The van der Waals surface area contributed by atoms with Gasteiger partial charge in [-0.05, 0) is 74.4 Å². The smallest absolute Gasteiger partial charge is 0.416 e. The van der Waals surface area contributed by atoms with Crippen molar-refractivity contribution in [2.24, 2.45) is 0 Å². The maximum absolute atomic E-state index is 13.2. The van der Waals surface area contributed by atoms with Crippen molar-refractivity contribution in [3.8, 4) is 6.07 Å². The van der Waals surface area contributed by atoms with E-state index in [1.54, 1.807) is 39.0 Å². The minimum absolute atomic E-state index is 0.128. The fraction of sp³-hybridized carbons (Fsp3) is 0.261. The van der Waals surface area contributed by atoms with Crippen LogP contribution in [0.15, 0.2) is 53.7 Å². The van der Waals surface area contributed by atoms with Crippen LogP contribution >= 0.6 is 12.2 Å². The Balaban J connectivity index is 2.17. The SMILES string of the molecule is CCOC(=O)C1=C(C)N(c2cccc(C(F)(F)F)c2)C(=S)NC1c1ccc(C#N)cc1C. The minimum atomic E-state index is -4.52. The number of benzene rings is 2. The second-order valence-electron chi connectivity index (χ2n) is 7.17. The van der Waals surface area contributed by atoms with Crippen molar-refractivity contribution in [3.05, 3.63) is 76.0 Å². The number of rotatable bonds is 4. The van der Waals surface area contributed by atoms with Gasteiger partial charge in [0.25, 0.3) is 0 Å². The zero-order valence-corrected chi connectivity index (χ0v) is 18.4. The number of halogens is 3. The lowest BCUT2D eigenvalue weighted by Gasteiger charge is -2.38.